The molecule has 19 heavy (non-hydrogen) atoms. The van der Waals surface area contributed by atoms with E-state index in [-0.39, 0.29) is 6.42 Å². The van der Waals surface area contributed by atoms with Crippen LogP contribution in [0.2, 0.25) is 0 Å². The molecule has 0 aromatic rings. The number of carbonyl (C=O) groups is 1. The minimum absolute atomic E-state index is 0.260. The average Bonchev–Trinajstić information content (AvgIpc) is 2.46. The second kappa shape index (κ2) is 7.25. The molecular formula is C15H28N2O2. The van der Waals surface area contributed by atoms with Crippen molar-refractivity contribution in [3.05, 3.63) is 0 Å². The second-order valence-electron chi connectivity index (χ2n) is 6.21. The lowest BCUT2D eigenvalue weighted by molar-refractivity contribution is -0.137. The van der Waals surface area contributed by atoms with Gasteiger partial charge < -0.3 is 10.0 Å². The maximum atomic E-state index is 10.7. The largest absolute Gasteiger partial charge is 0.481 e. The summed E-state index contributed by atoms with van der Waals surface area (Å²) in [6.45, 7) is 3.06. The highest BCUT2D eigenvalue weighted by molar-refractivity contribution is 5.66. The Labute approximate surface area is 116 Å². The zero-order valence-corrected chi connectivity index (χ0v) is 12.2. The molecule has 1 aliphatic heterocycles. The highest BCUT2D eigenvalue weighted by atomic mass is 16.4. The quantitative estimate of drug-likeness (QED) is 0.830. The van der Waals surface area contributed by atoms with E-state index in [1.165, 1.54) is 51.5 Å². The number of rotatable bonds is 5. The van der Waals surface area contributed by atoms with E-state index >= 15 is 0 Å². The molecule has 0 radical (unpaired) electrons. The third kappa shape index (κ3) is 4.46. The molecule has 0 spiro atoms. The fraction of sp³-hybridized carbons (Fsp3) is 0.933. The number of nitrogens with zero attached hydrogens (tertiary/aromatic N) is 2. The Hall–Kier alpha value is -0.610. The average molecular weight is 268 g/mol. The number of aliphatic carboxylic acids is 1. The third-order valence-corrected chi connectivity index (χ3v) is 4.82. The van der Waals surface area contributed by atoms with E-state index in [1.807, 2.05) is 0 Å². The number of piperidine rings is 1. The molecule has 1 heterocycles. The molecule has 1 atom stereocenters. The van der Waals surface area contributed by atoms with Gasteiger partial charge in [-0.2, -0.15) is 0 Å². The van der Waals surface area contributed by atoms with Gasteiger partial charge in [0.05, 0.1) is 6.42 Å². The first-order chi connectivity index (χ1) is 9.16. The molecule has 4 nitrogen and oxygen atoms in total. The number of hydrogen-bond donors (Lipinski definition) is 1. The molecule has 2 aliphatic rings. The molecule has 1 aliphatic carbocycles. The highest BCUT2D eigenvalue weighted by Crippen LogP contribution is 2.26. The van der Waals surface area contributed by atoms with Gasteiger partial charge in [0.2, 0.25) is 0 Å². The maximum absolute atomic E-state index is 10.7. The summed E-state index contributed by atoms with van der Waals surface area (Å²) in [7, 11) is 2.08. The molecule has 110 valence electrons. The predicted octanol–water partition coefficient (Wildman–Crippen LogP) is 2.19. The summed E-state index contributed by atoms with van der Waals surface area (Å²) in [6, 6.07) is 1.35. The molecule has 4 heteroatoms. The lowest BCUT2D eigenvalue weighted by Gasteiger charge is -2.42. The maximum Gasteiger partial charge on any atom is 0.304 e. The summed E-state index contributed by atoms with van der Waals surface area (Å²) < 4.78 is 0. The summed E-state index contributed by atoms with van der Waals surface area (Å²) in [4.78, 5) is 15.6. The monoisotopic (exact) mass is 268 g/mol. The van der Waals surface area contributed by atoms with Crippen LogP contribution in [0.3, 0.4) is 0 Å². The Kier molecular flexibility index (Phi) is 5.64. The Morgan fingerprint density at radius 1 is 1.21 bits per heavy atom. The van der Waals surface area contributed by atoms with Gasteiger partial charge in [0, 0.05) is 25.2 Å². The fourth-order valence-corrected chi connectivity index (χ4v) is 3.58. The van der Waals surface area contributed by atoms with E-state index in [0.717, 1.165) is 12.6 Å². The Morgan fingerprint density at radius 2 is 1.95 bits per heavy atom. The van der Waals surface area contributed by atoms with Gasteiger partial charge in [0.25, 0.3) is 0 Å². The second-order valence-corrected chi connectivity index (χ2v) is 6.21. The van der Waals surface area contributed by atoms with E-state index in [4.69, 9.17) is 5.11 Å². The van der Waals surface area contributed by atoms with Crippen LogP contribution in [0, 0.1) is 0 Å². The summed E-state index contributed by atoms with van der Waals surface area (Å²) in [6.07, 6.45) is 9.67. The molecule has 0 bridgehead atoms. The van der Waals surface area contributed by atoms with E-state index in [2.05, 4.69) is 16.8 Å². The van der Waals surface area contributed by atoms with E-state index in [0.29, 0.717) is 12.6 Å². The smallest absolute Gasteiger partial charge is 0.304 e. The van der Waals surface area contributed by atoms with Crippen molar-refractivity contribution in [2.24, 2.45) is 0 Å². The Bertz CT molecular complexity index is 290. The van der Waals surface area contributed by atoms with E-state index in [9.17, 15) is 4.79 Å². The SMILES string of the molecule is CN(CCC(=O)O)C1CCCN(C2CCCCC2)C1. The molecule has 2 fully saturated rings. The van der Waals surface area contributed by atoms with Crippen molar-refractivity contribution >= 4 is 5.97 Å². The molecule has 0 amide bonds. The predicted molar refractivity (Wildman–Crippen MR) is 76.4 cm³/mol. The van der Waals surface area contributed by atoms with Crippen LogP contribution in [0.4, 0.5) is 0 Å². The molecule has 1 N–H and O–H groups in total. The minimum Gasteiger partial charge on any atom is -0.481 e. The lowest BCUT2D eigenvalue weighted by atomic mass is 9.92. The van der Waals surface area contributed by atoms with Crippen molar-refractivity contribution in [1.82, 2.24) is 9.80 Å². The number of likely N-dealkylation sites (tertiary alicyclic amines) is 1. The number of hydrogen-bond acceptors (Lipinski definition) is 3. The van der Waals surface area contributed by atoms with Crippen LogP contribution in [-0.2, 0) is 4.79 Å². The normalized spacial score (nSPS) is 26.7. The zero-order chi connectivity index (χ0) is 13.7. The zero-order valence-electron chi connectivity index (χ0n) is 12.2. The molecule has 0 aromatic carbocycles. The molecular weight excluding hydrogens is 240 g/mol. The van der Waals surface area contributed by atoms with Crippen LogP contribution in [0.5, 0.6) is 0 Å². The van der Waals surface area contributed by atoms with Crippen LogP contribution in [0.1, 0.15) is 51.4 Å². The van der Waals surface area contributed by atoms with Gasteiger partial charge in [-0.1, -0.05) is 19.3 Å². The van der Waals surface area contributed by atoms with E-state index < -0.39 is 5.97 Å². The summed E-state index contributed by atoms with van der Waals surface area (Å²) in [5.41, 5.74) is 0. The Morgan fingerprint density at radius 3 is 2.63 bits per heavy atom. The molecule has 1 saturated heterocycles. The van der Waals surface area contributed by atoms with Crippen molar-refractivity contribution in [1.29, 1.82) is 0 Å². The highest BCUT2D eigenvalue weighted by Gasteiger charge is 2.28. The van der Waals surface area contributed by atoms with Crippen molar-refractivity contribution in [3.63, 3.8) is 0 Å². The number of carboxylic acid groups (broad SMARTS) is 1. The van der Waals surface area contributed by atoms with Gasteiger partial charge in [-0.05, 0) is 39.3 Å². The van der Waals surface area contributed by atoms with Crippen molar-refractivity contribution in [3.8, 4) is 0 Å². The standard InChI is InChI=1S/C15H28N2O2/c1-16(11-9-15(18)19)14-8-5-10-17(12-14)13-6-3-2-4-7-13/h13-14H,2-12H2,1H3,(H,18,19). The topological polar surface area (TPSA) is 43.8 Å². The van der Waals surface area contributed by atoms with Gasteiger partial charge in [-0.25, -0.2) is 0 Å². The van der Waals surface area contributed by atoms with Crippen LogP contribution in [-0.4, -0.2) is 59.6 Å². The first kappa shape index (κ1) is 14.8. The minimum atomic E-state index is -0.688. The molecule has 2 rings (SSSR count). The van der Waals surface area contributed by atoms with Gasteiger partial charge in [0.15, 0.2) is 0 Å². The summed E-state index contributed by atoms with van der Waals surface area (Å²) in [5.74, 6) is -0.688. The number of likely N-dealkylation sites (N-methyl/N-ethyl adjacent to an activating group) is 1. The summed E-state index contributed by atoms with van der Waals surface area (Å²) >= 11 is 0. The van der Waals surface area contributed by atoms with Gasteiger partial charge in [-0.3, -0.25) is 9.69 Å². The van der Waals surface area contributed by atoms with Gasteiger partial charge >= 0.3 is 5.97 Å². The lowest BCUT2D eigenvalue weighted by Crippen LogP contribution is -2.50. The van der Waals surface area contributed by atoms with Crippen molar-refractivity contribution in [2.75, 3.05) is 26.7 Å². The van der Waals surface area contributed by atoms with Crippen LogP contribution >= 0.6 is 0 Å². The van der Waals surface area contributed by atoms with Crippen LogP contribution < -0.4 is 0 Å². The first-order valence-electron chi connectivity index (χ1n) is 7.83. The molecule has 1 unspecified atom stereocenters. The summed E-state index contributed by atoms with van der Waals surface area (Å²) in [5, 5.41) is 8.78. The first-order valence-corrected chi connectivity index (χ1v) is 7.83. The van der Waals surface area contributed by atoms with Crippen molar-refractivity contribution < 1.29 is 9.90 Å². The van der Waals surface area contributed by atoms with Gasteiger partial charge in [-0.15, -0.1) is 0 Å². The number of carboxylic acids is 1. The third-order valence-electron chi connectivity index (χ3n) is 4.82. The van der Waals surface area contributed by atoms with Crippen LogP contribution in [0.25, 0.3) is 0 Å². The van der Waals surface area contributed by atoms with E-state index in [1.54, 1.807) is 0 Å². The molecule has 1 saturated carbocycles. The Balaban J connectivity index is 1.80. The fourth-order valence-electron chi connectivity index (χ4n) is 3.58. The van der Waals surface area contributed by atoms with Gasteiger partial charge in [0.1, 0.15) is 0 Å². The van der Waals surface area contributed by atoms with Crippen molar-refractivity contribution in [2.45, 2.75) is 63.5 Å². The molecule has 0 aromatic heterocycles. The van der Waals surface area contributed by atoms with Crippen LogP contribution in [0.15, 0.2) is 0 Å².